The zero-order chi connectivity index (χ0) is 10.1. The largest absolute Gasteiger partial charge is 0.395 e. The minimum atomic E-state index is -0.504. The summed E-state index contributed by atoms with van der Waals surface area (Å²) in [5.41, 5.74) is 1.09. The van der Waals surface area contributed by atoms with Crippen LogP contribution in [0.2, 0.25) is 0 Å². The fourth-order valence-corrected chi connectivity index (χ4v) is 1.24. The first-order valence-electron chi connectivity index (χ1n) is 4.35. The summed E-state index contributed by atoms with van der Waals surface area (Å²) < 4.78 is 13.3. The monoisotopic (exact) mass is 182 g/mol. The molecule has 0 radical (unpaired) electrons. The average Bonchev–Trinajstić information content (AvgIpc) is 2.09. The molecular weight excluding hydrogens is 167 g/mol. The van der Waals surface area contributed by atoms with Gasteiger partial charge in [0.1, 0.15) is 5.82 Å². The second-order valence-electron chi connectivity index (χ2n) is 4.03. The Morgan fingerprint density at radius 3 is 2.54 bits per heavy atom. The Hall–Kier alpha value is -0.890. The van der Waals surface area contributed by atoms with E-state index < -0.39 is 5.41 Å². The number of hydrogen-bond acceptors (Lipinski definition) is 1. The van der Waals surface area contributed by atoms with Crippen molar-refractivity contribution in [2.45, 2.75) is 26.2 Å². The molecule has 1 rings (SSSR count). The van der Waals surface area contributed by atoms with Gasteiger partial charge in [-0.05, 0) is 18.6 Å². The van der Waals surface area contributed by atoms with Gasteiger partial charge in [0.05, 0.1) is 6.61 Å². The zero-order valence-electron chi connectivity index (χ0n) is 8.26. The standard InChI is InChI=1S/C11H15FO/c1-8-4-5-10(12)9(6-8)11(2,3)7-13/h4-6,13H,7H2,1-3H3. The molecule has 0 spiro atoms. The van der Waals surface area contributed by atoms with Gasteiger partial charge >= 0.3 is 0 Å². The van der Waals surface area contributed by atoms with Crippen molar-refractivity contribution < 1.29 is 9.50 Å². The minimum Gasteiger partial charge on any atom is -0.395 e. The van der Waals surface area contributed by atoms with Crippen molar-refractivity contribution >= 4 is 0 Å². The molecule has 13 heavy (non-hydrogen) atoms. The maximum atomic E-state index is 13.3. The van der Waals surface area contributed by atoms with Crippen LogP contribution in [0.4, 0.5) is 4.39 Å². The average molecular weight is 182 g/mol. The van der Waals surface area contributed by atoms with Crippen molar-refractivity contribution in [3.8, 4) is 0 Å². The van der Waals surface area contributed by atoms with Gasteiger partial charge in [-0.25, -0.2) is 4.39 Å². The van der Waals surface area contributed by atoms with Crippen LogP contribution in [0.1, 0.15) is 25.0 Å². The Morgan fingerprint density at radius 2 is 2.00 bits per heavy atom. The van der Waals surface area contributed by atoms with Crippen LogP contribution in [0.5, 0.6) is 0 Å². The van der Waals surface area contributed by atoms with Gasteiger partial charge in [-0.2, -0.15) is 0 Å². The van der Waals surface area contributed by atoms with Crippen molar-refractivity contribution in [1.29, 1.82) is 0 Å². The predicted octanol–water partition coefficient (Wildman–Crippen LogP) is 2.40. The molecule has 2 heteroatoms. The molecule has 0 aliphatic carbocycles. The van der Waals surface area contributed by atoms with Gasteiger partial charge in [0, 0.05) is 5.41 Å². The maximum absolute atomic E-state index is 13.3. The molecule has 0 fully saturated rings. The van der Waals surface area contributed by atoms with Crippen molar-refractivity contribution in [1.82, 2.24) is 0 Å². The van der Waals surface area contributed by atoms with E-state index in [1.54, 1.807) is 12.1 Å². The van der Waals surface area contributed by atoms with Gasteiger partial charge in [-0.3, -0.25) is 0 Å². The normalized spacial score (nSPS) is 11.8. The Morgan fingerprint density at radius 1 is 1.38 bits per heavy atom. The van der Waals surface area contributed by atoms with E-state index in [-0.39, 0.29) is 12.4 Å². The van der Waals surface area contributed by atoms with Crippen LogP contribution in [0.25, 0.3) is 0 Å². The third-order valence-electron chi connectivity index (χ3n) is 2.25. The van der Waals surface area contributed by atoms with Crippen molar-refractivity contribution in [3.63, 3.8) is 0 Å². The summed E-state index contributed by atoms with van der Waals surface area (Å²) >= 11 is 0. The predicted molar refractivity (Wildman–Crippen MR) is 51.2 cm³/mol. The summed E-state index contributed by atoms with van der Waals surface area (Å²) in [6.45, 7) is 5.51. The topological polar surface area (TPSA) is 20.2 Å². The minimum absolute atomic E-state index is 0.0482. The summed E-state index contributed by atoms with van der Waals surface area (Å²) in [5, 5.41) is 9.10. The highest BCUT2D eigenvalue weighted by atomic mass is 19.1. The van der Waals surface area contributed by atoms with Crippen LogP contribution in [0.3, 0.4) is 0 Å². The molecule has 0 saturated heterocycles. The molecule has 0 unspecified atom stereocenters. The van der Waals surface area contributed by atoms with Gasteiger partial charge in [-0.15, -0.1) is 0 Å². The van der Waals surface area contributed by atoms with Crippen molar-refractivity contribution in [2.75, 3.05) is 6.61 Å². The maximum Gasteiger partial charge on any atom is 0.127 e. The third-order valence-corrected chi connectivity index (χ3v) is 2.25. The number of aryl methyl sites for hydroxylation is 1. The first-order chi connectivity index (χ1) is 5.97. The number of aliphatic hydroxyl groups excluding tert-OH is 1. The van der Waals surface area contributed by atoms with E-state index in [4.69, 9.17) is 5.11 Å². The molecule has 0 bridgehead atoms. The Balaban J connectivity index is 3.20. The number of rotatable bonds is 2. The first-order valence-corrected chi connectivity index (χ1v) is 4.35. The molecule has 1 aromatic carbocycles. The van der Waals surface area contributed by atoms with E-state index in [2.05, 4.69) is 0 Å². The lowest BCUT2D eigenvalue weighted by Crippen LogP contribution is -2.23. The molecule has 1 aromatic rings. The van der Waals surface area contributed by atoms with Gasteiger partial charge in [-0.1, -0.05) is 31.5 Å². The van der Waals surface area contributed by atoms with Crippen molar-refractivity contribution in [2.24, 2.45) is 0 Å². The van der Waals surface area contributed by atoms with Crippen LogP contribution in [0, 0.1) is 12.7 Å². The molecule has 0 aromatic heterocycles. The lowest BCUT2D eigenvalue weighted by atomic mass is 9.84. The van der Waals surface area contributed by atoms with Gasteiger partial charge in [0.2, 0.25) is 0 Å². The van der Waals surface area contributed by atoms with Gasteiger partial charge in [0.25, 0.3) is 0 Å². The van der Waals surface area contributed by atoms with Gasteiger partial charge in [0.15, 0.2) is 0 Å². The lowest BCUT2D eigenvalue weighted by molar-refractivity contribution is 0.215. The fraction of sp³-hybridized carbons (Fsp3) is 0.455. The van der Waals surface area contributed by atoms with E-state index in [1.165, 1.54) is 6.07 Å². The van der Waals surface area contributed by atoms with Crippen LogP contribution in [0.15, 0.2) is 18.2 Å². The van der Waals surface area contributed by atoms with Crippen LogP contribution in [-0.4, -0.2) is 11.7 Å². The summed E-state index contributed by atoms with van der Waals surface area (Å²) in [7, 11) is 0. The molecule has 72 valence electrons. The molecule has 0 aliphatic heterocycles. The molecule has 0 saturated carbocycles. The smallest absolute Gasteiger partial charge is 0.127 e. The second kappa shape index (κ2) is 3.46. The zero-order valence-corrected chi connectivity index (χ0v) is 8.26. The lowest BCUT2D eigenvalue weighted by Gasteiger charge is -2.23. The molecule has 0 heterocycles. The highest BCUT2D eigenvalue weighted by molar-refractivity contribution is 5.30. The Bertz CT molecular complexity index is 305. The van der Waals surface area contributed by atoms with Gasteiger partial charge < -0.3 is 5.11 Å². The summed E-state index contributed by atoms with van der Waals surface area (Å²) in [6.07, 6.45) is 0. The van der Waals surface area contributed by atoms with Crippen LogP contribution < -0.4 is 0 Å². The van der Waals surface area contributed by atoms with Crippen LogP contribution >= 0.6 is 0 Å². The second-order valence-corrected chi connectivity index (χ2v) is 4.03. The van der Waals surface area contributed by atoms with E-state index in [0.29, 0.717) is 5.56 Å². The number of benzene rings is 1. The molecule has 1 N–H and O–H groups in total. The molecule has 1 nitrogen and oxygen atoms in total. The van der Waals surface area contributed by atoms with E-state index >= 15 is 0 Å². The molecule has 0 aliphatic rings. The number of halogens is 1. The SMILES string of the molecule is Cc1ccc(F)c(C(C)(C)CO)c1. The Kier molecular flexibility index (Phi) is 2.71. The number of aliphatic hydroxyl groups is 1. The first kappa shape index (κ1) is 10.2. The summed E-state index contributed by atoms with van der Waals surface area (Å²) in [6, 6.07) is 4.96. The quantitative estimate of drug-likeness (QED) is 0.744. The van der Waals surface area contributed by atoms with Crippen molar-refractivity contribution in [3.05, 3.63) is 35.1 Å². The summed E-state index contributed by atoms with van der Waals surface area (Å²) in [4.78, 5) is 0. The highest BCUT2D eigenvalue weighted by Crippen LogP contribution is 2.25. The third kappa shape index (κ3) is 2.07. The van der Waals surface area contributed by atoms with E-state index in [9.17, 15) is 4.39 Å². The molecular formula is C11H15FO. The Labute approximate surface area is 78.2 Å². The molecule has 0 amide bonds. The fourth-order valence-electron chi connectivity index (χ4n) is 1.24. The number of hydrogen-bond donors (Lipinski definition) is 1. The van der Waals surface area contributed by atoms with Crippen LogP contribution in [-0.2, 0) is 5.41 Å². The van der Waals surface area contributed by atoms with E-state index in [0.717, 1.165) is 5.56 Å². The summed E-state index contributed by atoms with van der Waals surface area (Å²) in [5.74, 6) is -0.246. The van der Waals surface area contributed by atoms with E-state index in [1.807, 2.05) is 20.8 Å². The highest BCUT2D eigenvalue weighted by Gasteiger charge is 2.22. The molecule has 0 atom stereocenters.